The van der Waals surface area contributed by atoms with Gasteiger partial charge < -0.3 is 15.0 Å². The fourth-order valence-electron chi connectivity index (χ4n) is 3.92. The maximum absolute atomic E-state index is 14.0. The maximum atomic E-state index is 14.0. The number of rotatable bonds is 12. The Morgan fingerprint density at radius 3 is 2.20 bits per heavy atom. The number of hydrogen-bond donors (Lipinski definition) is 1. The van der Waals surface area contributed by atoms with E-state index in [1.807, 2.05) is 13.8 Å². The molecule has 41 heavy (non-hydrogen) atoms. The van der Waals surface area contributed by atoms with Crippen molar-refractivity contribution >= 4 is 62.3 Å². The predicted molar refractivity (Wildman–Crippen MR) is 163 cm³/mol. The minimum absolute atomic E-state index is 0.0547. The number of sulfonamides is 1. The molecule has 0 aliphatic rings. The van der Waals surface area contributed by atoms with E-state index in [0.29, 0.717) is 27.8 Å². The largest absolute Gasteiger partial charge is 0.497 e. The number of halogens is 3. The molecule has 0 radical (unpaired) electrons. The van der Waals surface area contributed by atoms with Crippen LogP contribution in [0.25, 0.3) is 0 Å². The molecule has 0 spiro atoms. The minimum Gasteiger partial charge on any atom is -0.497 e. The highest BCUT2D eigenvalue weighted by atomic mass is 35.5. The lowest BCUT2D eigenvalue weighted by atomic mass is 10.1. The molecular formula is C29H32Cl3N3O5S. The third-order valence-corrected chi connectivity index (χ3v) is 9.16. The summed E-state index contributed by atoms with van der Waals surface area (Å²) in [6.07, 6.45) is 0.693. The van der Waals surface area contributed by atoms with Gasteiger partial charge >= 0.3 is 0 Å². The summed E-state index contributed by atoms with van der Waals surface area (Å²) < 4.78 is 33.9. The van der Waals surface area contributed by atoms with Crippen molar-refractivity contribution in [1.29, 1.82) is 0 Å². The highest BCUT2D eigenvalue weighted by Gasteiger charge is 2.33. The van der Waals surface area contributed by atoms with Gasteiger partial charge in [0.15, 0.2) is 0 Å². The first-order valence-electron chi connectivity index (χ1n) is 12.8. The van der Waals surface area contributed by atoms with E-state index < -0.39 is 28.5 Å². The number of nitrogens with zero attached hydrogens (tertiary/aromatic N) is 2. The van der Waals surface area contributed by atoms with Gasteiger partial charge in [-0.3, -0.25) is 13.9 Å². The summed E-state index contributed by atoms with van der Waals surface area (Å²) in [6.45, 7) is 4.70. The summed E-state index contributed by atoms with van der Waals surface area (Å²) in [5.74, 6) is -0.536. The Bertz CT molecular complexity index is 1490. The number of hydrogen-bond acceptors (Lipinski definition) is 5. The van der Waals surface area contributed by atoms with E-state index in [1.165, 1.54) is 48.4 Å². The number of carbonyl (C=O) groups is 2. The van der Waals surface area contributed by atoms with Crippen molar-refractivity contribution < 1.29 is 22.7 Å². The van der Waals surface area contributed by atoms with E-state index in [0.717, 1.165) is 4.31 Å². The predicted octanol–water partition coefficient (Wildman–Crippen LogP) is 6.18. The molecule has 3 rings (SSSR count). The number of ether oxygens (including phenoxy) is 1. The van der Waals surface area contributed by atoms with Crippen molar-refractivity contribution in [2.45, 2.75) is 50.7 Å². The molecule has 3 aromatic rings. The molecule has 2 atom stereocenters. The fraction of sp³-hybridized carbons (Fsp3) is 0.310. The normalized spacial score (nSPS) is 12.8. The van der Waals surface area contributed by atoms with Crippen molar-refractivity contribution in [2.24, 2.45) is 0 Å². The second-order valence-corrected chi connectivity index (χ2v) is 12.6. The Balaban J connectivity index is 2.05. The Morgan fingerprint density at radius 2 is 1.61 bits per heavy atom. The molecule has 8 nitrogen and oxygen atoms in total. The van der Waals surface area contributed by atoms with E-state index in [4.69, 9.17) is 39.5 Å². The van der Waals surface area contributed by atoms with Crippen molar-refractivity contribution in [3.8, 4) is 5.75 Å². The van der Waals surface area contributed by atoms with Crippen LogP contribution < -0.4 is 14.4 Å². The lowest BCUT2D eigenvalue weighted by molar-refractivity contribution is -0.139. The first-order valence-corrected chi connectivity index (χ1v) is 15.4. The van der Waals surface area contributed by atoms with Crippen molar-refractivity contribution in [3.63, 3.8) is 0 Å². The lowest BCUT2D eigenvalue weighted by Gasteiger charge is -2.32. The van der Waals surface area contributed by atoms with Crippen LogP contribution in [0, 0.1) is 0 Å². The molecule has 12 heteroatoms. The van der Waals surface area contributed by atoms with Crippen LogP contribution in [0.4, 0.5) is 5.69 Å². The third kappa shape index (κ3) is 8.29. The molecule has 0 fully saturated rings. The second kappa shape index (κ2) is 14.3. The van der Waals surface area contributed by atoms with Gasteiger partial charge in [-0.05, 0) is 80.4 Å². The van der Waals surface area contributed by atoms with Gasteiger partial charge in [0.1, 0.15) is 18.3 Å². The van der Waals surface area contributed by atoms with E-state index in [1.54, 1.807) is 37.3 Å². The average Bonchev–Trinajstić information content (AvgIpc) is 2.94. The Kier molecular flexibility index (Phi) is 11.3. The molecule has 1 N–H and O–H groups in total. The van der Waals surface area contributed by atoms with Gasteiger partial charge in [-0.25, -0.2) is 8.42 Å². The smallest absolute Gasteiger partial charge is 0.264 e. The molecule has 0 aliphatic carbocycles. The molecule has 2 amide bonds. The van der Waals surface area contributed by atoms with Crippen molar-refractivity contribution in [2.75, 3.05) is 18.0 Å². The van der Waals surface area contributed by atoms with E-state index in [9.17, 15) is 18.0 Å². The molecule has 0 unspecified atom stereocenters. The van der Waals surface area contributed by atoms with Crippen LogP contribution in [0.1, 0.15) is 32.8 Å². The molecular weight excluding hydrogens is 609 g/mol. The summed E-state index contributed by atoms with van der Waals surface area (Å²) in [5, 5.41) is 3.89. The zero-order valence-corrected chi connectivity index (χ0v) is 26.2. The SMILES string of the molecule is CC[C@@H](C)NC(=O)[C@@H](C)N(Cc1ccc(Cl)cc1Cl)C(=O)CN(c1cccc(Cl)c1)S(=O)(=O)c1ccc(OC)cc1. The van der Waals surface area contributed by atoms with Gasteiger partial charge in [0.2, 0.25) is 11.8 Å². The monoisotopic (exact) mass is 639 g/mol. The zero-order chi connectivity index (χ0) is 30.3. The van der Waals surface area contributed by atoms with Crippen LogP contribution in [0.3, 0.4) is 0 Å². The molecule has 0 saturated heterocycles. The van der Waals surface area contributed by atoms with Gasteiger partial charge in [-0.1, -0.05) is 53.9 Å². The molecule has 0 heterocycles. The quantitative estimate of drug-likeness (QED) is 0.255. The topological polar surface area (TPSA) is 96.0 Å². The number of methoxy groups -OCH3 is 1. The third-order valence-electron chi connectivity index (χ3n) is 6.55. The molecule has 0 aliphatic heterocycles. The fourth-order valence-corrected chi connectivity index (χ4v) is 5.98. The summed E-state index contributed by atoms with van der Waals surface area (Å²) >= 11 is 18.7. The van der Waals surface area contributed by atoms with Gasteiger partial charge in [-0.2, -0.15) is 0 Å². The van der Waals surface area contributed by atoms with Gasteiger partial charge in [0.05, 0.1) is 17.7 Å². The highest BCUT2D eigenvalue weighted by Crippen LogP contribution is 2.28. The first-order chi connectivity index (χ1) is 19.4. The second-order valence-electron chi connectivity index (χ2n) is 9.42. The number of carbonyl (C=O) groups excluding carboxylic acids is 2. The molecule has 0 aromatic heterocycles. The molecule has 3 aromatic carbocycles. The van der Waals surface area contributed by atoms with Crippen LogP contribution in [0.2, 0.25) is 15.1 Å². The summed E-state index contributed by atoms with van der Waals surface area (Å²) in [4.78, 5) is 28.4. The number of amides is 2. The lowest BCUT2D eigenvalue weighted by Crippen LogP contribution is -2.52. The number of benzene rings is 3. The van der Waals surface area contributed by atoms with E-state index in [-0.39, 0.29) is 34.1 Å². The van der Waals surface area contributed by atoms with Crippen LogP contribution in [-0.2, 0) is 26.2 Å². The summed E-state index contributed by atoms with van der Waals surface area (Å²) in [5.41, 5.74) is 0.725. The van der Waals surface area contributed by atoms with Crippen LogP contribution in [0.5, 0.6) is 5.75 Å². The molecule has 0 saturated carbocycles. The average molecular weight is 641 g/mol. The standard InChI is InChI=1S/C29H32Cl3N3O5S/c1-5-19(2)33-29(37)20(3)34(17-21-9-10-23(31)16-27(21)32)28(36)18-35(24-8-6-7-22(30)15-24)41(38,39)26-13-11-25(40-4)12-14-26/h6-16,19-20H,5,17-18H2,1-4H3,(H,33,37)/t19-,20-/m1/s1. The maximum Gasteiger partial charge on any atom is 0.264 e. The van der Waals surface area contributed by atoms with Crippen LogP contribution in [0.15, 0.2) is 71.6 Å². The van der Waals surface area contributed by atoms with Crippen LogP contribution in [-0.4, -0.2) is 50.9 Å². The van der Waals surface area contributed by atoms with Gasteiger partial charge in [0.25, 0.3) is 10.0 Å². The highest BCUT2D eigenvalue weighted by molar-refractivity contribution is 7.92. The van der Waals surface area contributed by atoms with E-state index >= 15 is 0 Å². The molecule has 0 bridgehead atoms. The van der Waals surface area contributed by atoms with E-state index in [2.05, 4.69) is 5.32 Å². The van der Waals surface area contributed by atoms with Crippen molar-refractivity contribution in [1.82, 2.24) is 10.2 Å². The van der Waals surface area contributed by atoms with Gasteiger partial charge in [-0.15, -0.1) is 0 Å². The van der Waals surface area contributed by atoms with Crippen LogP contribution >= 0.6 is 34.8 Å². The molecule has 220 valence electrons. The summed E-state index contributed by atoms with van der Waals surface area (Å²) in [7, 11) is -2.78. The Hall–Kier alpha value is -2.98. The zero-order valence-electron chi connectivity index (χ0n) is 23.1. The number of anilines is 1. The Labute approximate surface area is 256 Å². The minimum atomic E-state index is -4.25. The number of nitrogens with one attached hydrogen (secondary N) is 1. The summed E-state index contributed by atoms with van der Waals surface area (Å²) in [6, 6.07) is 15.7. The Morgan fingerprint density at radius 1 is 0.951 bits per heavy atom. The first kappa shape index (κ1) is 32.5. The van der Waals surface area contributed by atoms with Crippen molar-refractivity contribution in [3.05, 3.63) is 87.4 Å². The van der Waals surface area contributed by atoms with Gasteiger partial charge in [0, 0.05) is 27.7 Å².